The third-order valence-electron chi connectivity index (χ3n) is 15.2. The first-order chi connectivity index (χ1) is 36.3. The molecule has 0 aromatic rings. The van der Waals surface area contributed by atoms with Crippen LogP contribution in [0.3, 0.4) is 0 Å². The number of hydrogen-bond donors (Lipinski definition) is 4. The summed E-state index contributed by atoms with van der Waals surface area (Å²) in [4.78, 5) is 43.8. The Kier molecular flexibility index (Phi) is 68.7. The Labute approximate surface area is 470 Å². The molecule has 10 nitrogen and oxygen atoms in total. The molecule has 0 aliphatic heterocycles. The number of amides is 3. The van der Waals surface area contributed by atoms with Crippen LogP contribution in [0.5, 0.6) is 0 Å². The molecule has 4 N–H and O–H groups in total. The Morgan fingerprint density at radius 3 is 0.693 bits per heavy atom. The largest absolute Gasteiger partial charge is 0.356 e. The van der Waals surface area contributed by atoms with Crippen LogP contribution in [0.2, 0.25) is 0 Å². The molecule has 0 unspecified atom stereocenters. The number of nitrogens with one attached hydrogen (secondary N) is 4. The van der Waals surface area contributed by atoms with Crippen LogP contribution < -0.4 is 21.3 Å². The van der Waals surface area contributed by atoms with Gasteiger partial charge in [-0.1, -0.05) is 261 Å². The van der Waals surface area contributed by atoms with Gasteiger partial charge in [0, 0.05) is 58.5 Å². The van der Waals surface area contributed by atoms with E-state index in [1.807, 2.05) is 7.05 Å². The van der Waals surface area contributed by atoms with E-state index in [0.29, 0.717) is 19.3 Å². The topological polar surface area (TPSA) is 109 Å². The van der Waals surface area contributed by atoms with Gasteiger partial charge in [-0.3, -0.25) is 14.4 Å². The Balaban J connectivity index is -0.00000157. The number of carbonyl (C=O) groups is 3. The fourth-order valence-corrected chi connectivity index (χ4v) is 9.91. The maximum Gasteiger partial charge on any atom is 0.221 e. The average Bonchev–Trinajstić information content (AvgIpc) is 3.41. The molecular weight excluding hydrogens is 927 g/mol. The molecule has 0 aromatic heterocycles. The minimum Gasteiger partial charge on any atom is -0.356 e. The molecule has 0 atom stereocenters. The van der Waals surface area contributed by atoms with Crippen molar-refractivity contribution < 1.29 is 14.4 Å². The molecule has 10 heteroatoms. The minimum absolute atomic E-state index is 0. The van der Waals surface area contributed by atoms with Crippen molar-refractivity contribution in [3.8, 4) is 0 Å². The zero-order valence-corrected chi connectivity index (χ0v) is 51.3. The van der Waals surface area contributed by atoms with Crippen molar-refractivity contribution in [1.29, 1.82) is 0 Å². The summed E-state index contributed by atoms with van der Waals surface area (Å²) in [6.45, 7) is 25.5. The Hall–Kier alpha value is -1.75. The third-order valence-corrected chi connectivity index (χ3v) is 15.2. The van der Waals surface area contributed by atoms with Crippen molar-refractivity contribution >= 4 is 17.7 Å². The van der Waals surface area contributed by atoms with Crippen LogP contribution in [0, 0.1) is 0 Å². The van der Waals surface area contributed by atoms with E-state index in [1.54, 1.807) is 0 Å². The summed E-state index contributed by atoms with van der Waals surface area (Å²) in [5, 5.41) is 12.5. The quantitative estimate of drug-likeness (QED) is 0.0449. The van der Waals surface area contributed by atoms with Gasteiger partial charge in [0.05, 0.1) is 0 Å². The van der Waals surface area contributed by atoms with Gasteiger partial charge in [-0.2, -0.15) is 0 Å². The highest BCUT2D eigenvalue weighted by Gasteiger charge is 2.11. The molecule has 0 aliphatic carbocycles. The molecule has 0 bridgehead atoms. The van der Waals surface area contributed by atoms with Gasteiger partial charge in [-0.05, 0) is 85.0 Å². The summed E-state index contributed by atoms with van der Waals surface area (Å²) in [5.41, 5.74) is 0. The standard InChI is InChI=1S/C41H84N4O2.C23H49N3O.CH4/c1-5-9-11-13-15-17-19-21-23-25-27-29-34-42-40(46)32-38-44(7-3)36-31-37-45(8-4)39-33-41(47)43-35-30-28-26-24-22-20-18-16-14-12-10-6-2;1-4-6-7-8-9-10-11-12-13-14-15-16-20-25-23(27)18-22-26(5-2)21-17-19-24-3;/h5-39H2,1-4H3,(H,42,46)(H,43,47);24H,4-22H2,1-3H3,(H,25,27);1H4. The van der Waals surface area contributed by atoms with E-state index in [0.717, 1.165) is 117 Å². The average molecular weight is 1060 g/mol. The van der Waals surface area contributed by atoms with Crippen molar-refractivity contribution in [3.63, 3.8) is 0 Å². The highest BCUT2D eigenvalue weighted by Crippen LogP contribution is 2.14. The lowest BCUT2D eigenvalue weighted by atomic mass is 10.1. The lowest BCUT2D eigenvalue weighted by molar-refractivity contribution is -0.122. The van der Waals surface area contributed by atoms with E-state index in [2.05, 4.69) is 77.5 Å². The van der Waals surface area contributed by atoms with Crippen molar-refractivity contribution in [2.24, 2.45) is 0 Å². The van der Waals surface area contributed by atoms with Crippen LogP contribution in [-0.4, -0.2) is 125 Å². The number of rotatable bonds is 59. The first-order valence-corrected chi connectivity index (χ1v) is 32.9. The van der Waals surface area contributed by atoms with E-state index in [-0.39, 0.29) is 25.1 Å². The van der Waals surface area contributed by atoms with E-state index in [4.69, 9.17) is 0 Å². The van der Waals surface area contributed by atoms with E-state index < -0.39 is 0 Å². The van der Waals surface area contributed by atoms with Gasteiger partial charge in [0.1, 0.15) is 0 Å². The van der Waals surface area contributed by atoms with Gasteiger partial charge < -0.3 is 36.0 Å². The second-order valence-electron chi connectivity index (χ2n) is 22.1. The normalized spacial score (nSPS) is 11.3. The fraction of sp³-hybridized carbons (Fsp3) is 0.954. The molecule has 75 heavy (non-hydrogen) atoms. The second kappa shape index (κ2) is 66.5. The van der Waals surface area contributed by atoms with Crippen LogP contribution in [0.4, 0.5) is 0 Å². The summed E-state index contributed by atoms with van der Waals surface area (Å²) < 4.78 is 0. The Morgan fingerprint density at radius 2 is 0.480 bits per heavy atom. The van der Waals surface area contributed by atoms with Crippen molar-refractivity contribution in [2.75, 3.05) is 92.1 Å². The summed E-state index contributed by atoms with van der Waals surface area (Å²) in [5.74, 6) is 0.595. The Morgan fingerprint density at radius 1 is 0.267 bits per heavy atom. The van der Waals surface area contributed by atoms with Crippen LogP contribution in [0.15, 0.2) is 0 Å². The summed E-state index contributed by atoms with van der Waals surface area (Å²) in [6, 6.07) is 0. The highest BCUT2D eigenvalue weighted by atomic mass is 16.2. The zero-order valence-electron chi connectivity index (χ0n) is 51.3. The lowest BCUT2D eigenvalue weighted by Crippen LogP contribution is -2.35. The van der Waals surface area contributed by atoms with Crippen LogP contribution in [-0.2, 0) is 14.4 Å². The van der Waals surface area contributed by atoms with E-state index in [1.165, 1.54) is 212 Å². The highest BCUT2D eigenvalue weighted by molar-refractivity contribution is 5.76. The van der Waals surface area contributed by atoms with Crippen LogP contribution in [0.25, 0.3) is 0 Å². The first-order valence-electron chi connectivity index (χ1n) is 32.9. The summed E-state index contributed by atoms with van der Waals surface area (Å²) in [7, 11) is 1.99. The summed E-state index contributed by atoms with van der Waals surface area (Å²) >= 11 is 0. The first kappa shape index (κ1) is 77.5. The molecule has 0 heterocycles. The fourth-order valence-electron chi connectivity index (χ4n) is 9.91. The predicted octanol–water partition coefficient (Wildman–Crippen LogP) is 16.2. The van der Waals surface area contributed by atoms with Crippen molar-refractivity contribution in [2.45, 2.75) is 312 Å². The lowest BCUT2D eigenvalue weighted by Gasteiger charge is -2.24. The SMILES string of the molecule is C.CCCCCCCCCCCCCCNC(=O)CCN(CC)CCCN(CC)CCC(=O)NCCCCCCCCCCCCCC.CCCCCCCCCCCCCCNC(=O)CCN(CC)CCCNC. The van der Waals surface area contributed by atoms with Gasteiger partial charge >= 0.3 is 0 Å². The molecule has 0 radical (unpaired) electrons. The van der Waals surface area contributed by atoms with Gasteiger partial charge in [-0.25, -0.2) is 0 Å². The third kappa shape index (κ3) is 63.0. The molecule has 0 spiro atoms. The number of carbonyl (C=O) groups excluding carboxylic acids is 3. The zero-order chi connectivity index (χ0) is 54.5. The molecule has 3 amide bonds. The number of unbranched alkanes of at least 4 members (excludes halogenated alkanes) is 33. The molecule has 0 saturated carbocycles. The maximum atomic E-state index is 12.4. The van der Waals surface area contributed by atoms with Gasteiger partial charge in [0.15, 0.2) is 0 Å². The minimum atomic E-state index is 0. The molecular formula is C65H137N7O3. The molecule has 0 aliphatic rings. The summed E-state index contributed by atoms with van der Waals surface area (Å²) in [6.07, 6.45) is 52.6. The van der Waals surface area contributed by atoms with Crippen molar-refractivity contribution in [3.05, 3.63) is 0 Å². The smallest absolute Gasteiger partial charge is 0.221 e. The van der Waals surface area contributed by atoms with Crippen molar-refractivity contribution in [1.82, 2.24) is 36.0 Å². The monoisotopic (exact) mass is 1060 g/mol. The van der Waals surface area contributed by atoms with E-state index >= 15 is 0 Å². The predicted molar refractivity (Wildman–Crippen MR) is 332 cm³/mol. The second-order valence-corrected chi connectivity index (χ2v) is 22.1. The molecule has 0 fully saturated rings. The number of hydrogen-bond acceptors (Lipinski definition) is 7. The molecule has 0 aromatic carbocycles. The Bertz CT molecular complexity index is 1070. The molecule has 0 rings (SSSR count). The van der Waals surface area contributed by atoms with Crippen LogP contribution in [0.1, 0.15) is 312 Å². The molecule has 0 saturated heterocycles. The van der Waals surface area contributed by atoms with Gasteiger partial charge in [0.25, 0.3) is 0 Å². The molecule has 450 valence electrons. The maximum absolute atomic E-state index is 12.4. The van der Waals surface area contributed by atoms with E-state index in [9.17, 15) is 14.4 Å². The van der Waals surface area contributed by atoms with Gasteiger partial charge in [-0.15, -0.1) is 0 Å². The van der Waals surface area contributed by atoms with Gasteiger partial charge in [0.2, 0.25) is 17.7 Å². The number of nitrogens with zero attached hydrogens (tertiary/aromatic N) is 3. The van der Waals surface area contributed by atoms with Crippen LogP contribution >= 0.6 is 0 Å².